The minimum Gasteiger partial charge on any atom is -0.491 e. The standard InChI is InChI=1S/C26H33FN4O3.C4H10/c1-6-28-23-14-21(34-12-11-33-5)13-22(27)24(23)17(2)29-18-7-9-19(10-8-18)30-25(32)31-20-15-26(3,4)16-20;1-3-4-2/h6-10,13-14,20,29H,2,11-12,15-16H2,1,3-5H3,(H2,30,31,32);3-4H2,1-2H3. The van der Waals surface area contributed by atoms with Gasteiger partial charge < -0.3 is 25.4 Å². The van der Waals surface area contributed by atoms with Crippen molar-refractivity contribution in [2.24, 2.45) is 10.4 Å². The van der Waals surface area contributed by atoms with Gasteiger partial charge in [-0.1, -0.05) is 47.1 Å². The molecule has 38 heavy (non-hydrogen) atoms. The number of hydrogen-bond acceptors (Lipinski definition) is 5. The van der Waals surface area contributed by atoms with E-state index in [-0.39, 0.29) is 17.6 Å². The van der Waals surface area contributed by atoms with Crippen molar-refractivity contribution < 1.29 is 18.7 Å². The van der Waals surface area contributed by atoms with Crippen molar-refractivity contribution >= 4 is 35.0 Å². The number of carbonyl (C=O) groups excluding carboxylic acids is 1. The number of halogens is 1. The van der Waals surface area contributed by atoms with E-state index >= 15 is 0 Å². The molecule has 0 aromatic heterocycles. The fraction of sp³-hybridized carbons (Fsp3) is 0.467. The number of nitrogens with zero attached hydrogens (tertiary/aromatic N) is 1. The van der Waals surface area contributed by atoms with Crippen LogP contribution in [0.15, 0.2) is 48.0 Å². The van der Waals surface area contributed by atoms with Crippen molar-refractivity contribution in [1.29, 1.82) is 0 Å². The molecule has 0 heterocycles. The normalized spacial score (nSPS) is 14.2. The van der Waals surface area contributed by atoms with E-state index in [9.17, 15) is 9.18 Å². The number of rotatable bonds is 11. The SMILES string of the molecule is C=C(Nc1ccc(NC(=O)NC2CC(C)(C)C2)cc1)c1c(F)cc(OCCOC)cc1N=CC.CCCC. The Labute approximate surface area is 226 Å². The quantitative estimate of drug-likeness (QED) is 0.206. The fourth-order valence-corrected chi connectivity index (χ4v) is 4.04. The molecule has 1 aliphatic rings. The van der Waals surface area contributed by atoms with Crippen LogP contribution in [-0.4, -0.2) is 38.6 Å². The molecule has 8 heteroatoms. The highest BCUT2D eigenvalue weighted by Crippen LogP contribution is 2.39. The predicted octanol–water partition coefficient (Wildman–Crippen LogP) is 7.77. The average molecular weight is 527 g/mol. The van der Waals surface area contributed by atoms with Crippen LogP contribution in [0.3, 0.4) is 0 Å². The number of aliphatic imine (C=N–C) groups is 1. The number of ether oxygens (including phenoxy) is 2. The van der Waals surface area contributed by atoms with Gasteiger partial charge in [-0.2, -0.15) is 0 Å². The third-order valence-corrected chi connectivity index (χ3v) is 6.04. The van der Waals surface area contributed by atoms with Crippen LogP contribution in [0.2, 0.25) is 0 Å². The summed E-state index contributed by atoms with van der Waals surface area (Å²) >= 11 is 0. The summed E-state index contributed by atoms with van der Waals surface area (Å²) in [4.78, 5) is 16.5. The first-order valence-corrected chi connectivity index (χ1v) is 13.2. The Morgan fingerprint density at radius 3 is 2.24 bits per heavy atom. The van der Waals surface area contributed by atoms with E-state index in [0.717, 1.165) is 12.8 Å². The molecule has 0 atom stereocenters. The highest BCUT2D eigenvalue weighted by molar-refractivity contribution is 5.90. The molecule has 208 valence electrons. The molecule has 0 radical (unpaired) electrons. The Morgan fingerprint density at radius 2 is 1.71 bits per heavy atom. The van der Waals surface area contributed by atoms with Crippen LogP contribution in [-0.2, 0) is 4.74 Å². The van der Waals surface area contributed by atoms with Crippen molar-refractivity contribution in [3.05, 3.63) is 54.4 Å². The molecular weight excluding hydrogens is 483 g/mol. The third-order valence-electron chi connectivity index (χ3n) is 6.04. The van der Waals surface area contributed by atoms with Gasteiger partial charge in [0, 0.05) is 48.6 Å². The third kappa shape index (κ3) is 9.82. The summed E-state index contributed by atoms with van der Waals surface area (Å²) in [6.07, 6.45) is 6.18. The van der Waals surface area contributed by atoms with Gasteiger partial charge in [0.1, 0.15) is 18.2 Å². The van der Waals surface area contributed by atoms with Crippen LogP contribution in [0.1, 0.15) is 65.9 Å². The van der Waals surface area contributed by atoms with E-state index in [1.54, 1.807) is 50.6 Å². The summed E-state index contributed by atoms with van der Waals surface area (Å²) in [5, 5.41) is 8.93. The Balaban J connectivity index is 0.00000118. The highest BCUT2D eigenvalue weighted by atomic mass is 19.1. The van der Waals surface area contributed by atoms with E-state index in [1.165, 1.54) is 18.9 Å². The zero-order chi connectivity index (χ0) is 28.1. The van der Waals surface area contributed by atoms with E-state index in [4.69, 9.17) is 9.47 Å². The van der Waals surface area contributed by atoms with Gasteiger partial charge in [-0.25, -0.2) is 9.18 Å². The Morgan fingerprint density at radius 1 is 1.11 bits per heavy atom. The van der Waals surface area contributed by atoms with Crippen molar-refractivity contribution in [3.8, 4) is 5.75 Å². The Bertz CT molecular complexity index is 1070. The number of benzene rings is 2. The molecule has 2 aromatic carbocycles. The van der Waals surface area contributed by atoms with E-state index < -0.39 is 5.82 Å². The second-order valence-corrected chi connectivity index (χ2v) is 10.1. The lowest BCUT2D eigenvalue weighted by Crippen LogP contribution is -2.49. The molecule has 1 saturated carbocycles. The number of hydrogen-bond donors (Lipinski definition) is 3. The van der Waals surface area contributed by atoms with Crippen molar-refractivity contribution in [1.82, 2.24) is 5.32 Å². The minimum absolute atomic E-state index is 0.214. The molecule has 0 spiro atoms. The number of anilines is 2. The van der Waals surface area contributed by atoms with Gasteiger partial charge in [-0.3, -0.25) is 4.99 Å². The van der Waals surface area contributed by atoms with Gasteiger partial charge in [0.05, 0.1) is 17.9 Å². The van der Waals surface area contributed by atoms with Gasteiger partial charge >= 0.3 is 6.03 Å². The number of urea groups is 1. The maximum atomic E-state index is 14.9. The first-order chi connectivity index (χ1) is 18.1. The average Bonchev–Trinajstić information content (AvgIpc) is 2.84. The number of carbonyl (C=O) groups is 1. The number of amides is 2. The fourth-order valence-electron chi connectivity index (χ4n) is 4.04. The molecule has 0 bridgehead atoms. The number of methoxy groups -OCH3 is 1. The van der Waals surface area contributed by atoms with Crippen LogP contribution in [0.25, 0.3) is 5.70 Å². The molecular formula is C30H43FN4O3. The predicted molar refractivity (Wildman–Crippen MR) is 156 cm³/mol. The maximum Gasteiger partial charge on any atom is 0.319 e. The zero-order valence-electron chi connectivity index (χ0n) is 23.6. The highest BCUT2D eigenvalue weighted by Gasteiger charge is 2.36. The van der Waals surface area contributed by atoms with Gasteiger partial charge in [0.2, 0.25) is 0 Å². The van der Waals surface area contributed by atoms with Gasteiger partial charge in [0.25, 0.3) is 0 Å². The summed E-state index contributed by atoms with van der Waals surface area (Å²) in [5.74, 6) is -0.131. The second kappa shape index (κ2) is 15.1. The zero-order valence-corrected chi connectivity index (χ0v) is 23.6. The number of nitrogens with one attached hydrogen (secondary N) is 3. The smallest absolute Gasteiger partial charge is 0.319 e. The largest absolute Gasteiger partial charge is 0.491 e. The molecule has 3 N–H and O–H groups in total. The molecule has 0 unspecified atom stereocenters. The topological polar surface area (TPSA) is 84.0 Å². The molecule has 3 rings (SSSR count). The second-order valence-electron chi connectivity index (χ2n) is 10.1. The molecule has 0 saturated heterocycles. The Kier molecular flexibility index (Phi) is 12.3. The van der Waals surface area contributed by atoms with Gasteiger partial charge in [0.15, 0.2) is 0 Å². The lowest BCUT2D eigenvalue weighted by molar-refractivity contribution is 0.132. The summed E-state index contributed by atoms with van der Waals surface area (Å²) < 4.78 is 25.4. The molecule has 0 aliphatic heterocycles. The molecule has 1 fully saturated rings. The first kappa shape index (κ1) is 30.8. The van der Waals surface area contributed by atoms with Crippen LogP contribution in [0, 0.1) is 11.2 Å². The van der Waals surface area contributed by atoms with Crippen molar-refractivity contribution in [3.63, 3.8) is 0 Å². The lowest BCUT2D eigenvalue weighted by Gasteiger charge is -2.42. The maximum absolute atomic E-state index is 14.9. The van der Waals surface area contributed by atoms with Crippen molar-refractivity contribution in [2.45, 2.75) is 66.3 Å². The molecule has 2 amide bonds. The summed E-state index contributed by atoms with van der Waals surface area (Å²) in [5.41, 5.74) is 2.67. The van der Waals surface area contributed by atoms with Crippen LogP contribution in [0.4, 0.5) is 26.2 Å². The van der Waals surface area contributed by atoms with E-state index in [1.807, 2.05) is 0 Å². The lowest BCUT2D eigenvalue weighted by atomic mass is 9.68. The first-order valence-electron chi connectivity index (χ1n) is 13.2. The van der Waals surface area contributed by atoms with Gasteiger partial charge in [-0.05, 0) is 49.4 Å². The number of unbranched alkanes of at least 4 members (excludes halogenated alkanes) is 1. The molecule has 2 aromatic rings. The summed E-state index contributed by atoms with van der Waals surface area (Å²) in [7, 11) is 1.57. The van der Waals surface area contributed by atoms with Crippen LogP contribution < -0.4 is 20.7 Å². The van der Waals surface area contributed by atoms with E-state index in [0.29, 0.717) is 47.1 Å². The summed E-state index contributed by atoms with van der Waals surface area (Å²) in [6.45, 7) is 15.2. The van der Waals surface area contributed by atoms with Crippen LogP contribution in [0.5, 0.6) is 5.75 Å². The molecule has 7 nitrogen and oxygen atoms in total. The molecule has 1 aliphatic carbocycles. The van der Waals surface area contributed by atoms with Crippen LogP contribution >= 0.6 is 0 Å². The van der Waals surface area contributed by atoms with E-state index in [2.05, 4.69) is 55.2 Å². The monoisotopic (exact) mass is 526 g/mol. The van der Waals surface area contributed by atoms with Gasteiger partial charge in [-0.15, -0.1) is 0 Å². The Hall–Kier alpha value is -3.39. The summed E-state index contributed by atoms with van der Waals surface area (Å²) in [6, 6.07) is 10.1. The minimum atomic E-state index is -0.498. The van der Waals surface area contributed by atoms with Crippen molar-refractivity contribution in [2.75, 3.05) is 31.0 Å².